The zero-order valence-corrected chi connectivity index (χ0v) is 13.7. The third-order valence-electron chi connectivity index (χ3n) is 3.99. The van der Waals surface area contributed by atoms with Crippen LogP contribution in [0.1, 0.15) is 19.8 Å². The van der Waals surface area contributed by atoms with Crippen LogP contribution in [0.25, 0.3) is 0 Å². The van der Waals surface area contributed by atoms with Crippen LogP contribution in [0.5, 0.6) is 0 Å². The molecule has 1 saturated heterocycles. The van der Waals surface area contributed by atoms with Crippen molar-refractivity contribution < 1.29 is 39.5 Å². The van der Waals surface area contributed by atoms with Gasteiger partial charge < -0.3 is 35.2 Å². The third-order valence-corrected chi connectivity index (χ3v) is 3.99. The molecule has 1 aliphatic rings. The molecule has 1 aliphatic heterocycles. The van der Waals surface area contributed by atoms with E-state index in [-0.39, 0.29) is 12.8 Å². The number of aliphatic hydroxyl groups is 4. The Morgan fingerprint density at radius 1 is 1.50 bits per heavy atom. The Morgan fingerprint density at radius 3 is 2.58 bits per heavy atom. The first-order chi connectivity index (χ1) is 11.2. The first kappa shape index (κ1) is 20.5. The number of hydrogen-bond acceptors (Lipinski definition) is 8. The summed E-state index contributed by atoms with van der Waals surface area (Å²) in [5, 5.41) is 41.8. The van der Waals surface area contributed by atoms with Crippen LogP contribution < -0.4 is 5.32 Å². The van der Waals surface area contributed by atoms with Gasteiger partial charge in [0.1, 0.15) is 18.3 Å². The largest absolute Gasteiger partial charge is 0.467 e. The molecule has 0 saturated carbocycles. The maximum absolute atomic E-state index is 12.2. The predicted octanol–water partition coefficient (Wildman–Crippen LogP) is -2.16. The Balaban J connectivity index is 3.23. The Hall–Kier alpha value is -1.52. The second-order valence-corrected chi connectivity index (χ2v) is 5.80. The molecule has 1 fully saturated rings. The van der Waals surface area contributed by atoms with Gasteiger partial charge in [-0.15, -0.1) is 6.58 Å². The second-order valence-electron chi connectivity index (χ2n) is 5.80. The molecule has 24 heavy (non-hydrogen) atoms. The average Bonchev–Trinajstić information content (AvgIpc) is 2.54. The van der Waals surface area contributed by atoms with Crippen molar-refractivity contribution in [1.82, 2.24) is 5.32 Å². The van der Waals surface area contributed by atoms with Crippen LogP contribution in [0, 0.1) is 0 Å². The van der Waals surface area contributed by atoms with Crippen molar-refractivity contribution in [1.29, 1.82) is 0 Å². The fourth-order valence-electron chi connectivity index (χ4n) is 2.85. The number of hydrogen-bond donors (Lipinski definition) is 5. The van der Waals surface area contributed by atoms with Crippen LogP contribution >= 0.6 is 0 Å². The molecule has 0 aromatic rings. The minimum atomic E-state index is -1.66. The lowest BCUT2D eigenvalue weighted by molar-refractivity contribution is -0.230. The summed E-state index contributed by atoms with van der Waals surface area (Å²) in [6.45, 7) is 3.98. The maximum atomic E-state index is 12.2. The third kappa shape index (κ3) is 4.31. The Labute approximate surface area is 139 Å². The zero-order valence-electron chi connectivity index (χ0n) is 13.7. The number of amides is 1. The number of carbonyl (C=O) groups is 2. The van der Waals surface area contributed by atoms with Crippen molar-refractivity contribution in [3.05, 3.63) is 12.7 Å². The molecule has 0 bridgehead atoms. The van der Waals surface area contributed by atoms with E-state index in [1.165, 1.54) is 13.0 Å². The molecule has 0 radical (unpaired) electrons. The van der Waals surface area contributed by atoms with Crippen molar-refractivity contribution in [2.24, 2.45) is 0 Å². The van der Waals surface area contributed by atoms with Crippen LogP contribution in [-0.2, 0) is 19.1 Å². The fourth-order valence-corrected chi connectivity index (χ4v) is 2.85. The van der Waals surface area contributed by atoms with E-state index in [0.29, 0.717) is 0 Å². The molecule has 0 aromatic heterocycles. The van der Waals surface area contributed by atoms with Gasteiger partial charge >= 0.3 is 5.97 Å². The van der Waals surface area contributed by atoms with Crippen molar-refractivity contribution in [3.63, 3.8) is 0 Å². The molecule has 1 rings (SSSR count). The van der Waals surface area contributed by atoms with Crippen LogP contribution in [0.3, 0.4) is 0 Å². The normalized spacial score (nSPS) is 32.5. The van der Waals surface area contributed by atoms with Gasteiger partial charge in [-0.25, -0.2) is 4.79 Å². The number of methoxy groups -OCH3 is 1. The molecule has 0 spiro atoms. The molecule has 1 amide bonds. The standard InChI is InChI=1S/C15H25NO8/c1-4-5-15(14(22)23-3)6-9(19)11(16-8(2)18)13(24-15)12(21)10(20)7-17/h4,9-13,17,19-21H,1,5-7H2,2-3H3,(H,16,18)/t9-,10+,11+,12+,13+,15-/m0/s1. The van der Waals surface area contributed by atoms with E-state index in [2.05, 4.69) is 11.9 Å². The summed E-state index contributed by atoms with van der Waals surface area (Å²) in [5.74, 6) is -1.27. The molecular weight excluding hydrogens is 322 g/mol. The summed E-state index contributed by atoms with van der Waals surface area (Å²) in [7, 11) is 1.15. The molecule has 5 N–H and O–H groups in total. The van der Waals surface area contributed by atoms with E-state index in [1.54, 1.807) is 0 Å². The minimum Gasteiger partial charge on any atom is -0.467 e. The lowest BCUT2D eigenvalue weighted by Crippen LogP contribution is -2.67. The monoisotopic (exact) mass is 347 g/mol. The van der Waals surface area contributed by atoms with Gasteiger partial charge in [0, 0.05) is 19.8 Å². The lowest BCUT2D eigenvalue weighted by Gasteiger charge is -2.47. The van der Waals surface area contributed by atoms with Gasteiger partial charge in [0.25, 0.3) is 0 Å². The van der Waals surface area contributed by atoms with Gasteiger partial charge in [0.2, 0.25) is 5.91 Å². The molecule has 9 nitrogen and oxygen atoms in total. The molecule has 1 heterocycles. The van der Waals surface area contributed by atoms with Crippen molar-refractivity contribution in [2.45, 2.75) is 55.8 Å². The molecule has 0 unspecified atom stereocenters. The quantitative estimate of drug-likeness (QED) is 0.259. The van der Waals surface area contributed by atoms with Crippen LogP contribution in [0.4, 0.5) is 0 Å². The van der Waals surface area contributed by atoms with Gasteiger partial charge in [0.05, 0.1) is 25.9 Å². The van der Waals surface area contributed by atoms with Crippen molar-refractivity contribution >= 4 is 11.9 Å². The Morgan fingerprint density at radius 2 is 2.12 bits per heavy atom. The highest BCUT2D eigenvalue weighted by molar-refractivity contribution is 5.80. The number of rotatable bonds is 7. The topological polar surface area (TPSA) is 146 Å². The van der Waals surface area contributed by atoms with Crippen molar-refractivity contribution in [2.75, 3.05) is 13.7 Å². The first-order valence-corrected chi connectivity index (χ1v) is 7.51. The van der Waals surface area contributed by atoms with Crippen LogP contribution in [0.2, 0.25) is 0 Å². The molecule has 138 valence electrons. The summed E-state index contributed by atoms with van der Waals surface area (Å²) in [6, 6.07) is -1.08. The minimum absolute atomic E-state index is 0.0119. The van der Waals surface area contributed by atoms with Gasteiger partial charge in [0.15, 0.2) is 5.60 Å². The van der Waals surface area contributed by atoms with E-state index in [1.807, 2.05) is 0 Å². The molecule has 9 heteroatoms. The summed E-state index contributed by atoms with van der Waals surface area (Å²) in [6.07, 6.45) is -4.66. The maximum Gasteiger partial charge on any atom is 0.338 e. The number of ether oxygens (including phenoxy) is 2. The van der Waals surface area contributed by atoms with E-state index >= 15 is 0 Å². The van der Waals surface area contributed by atoms with Gasteiger partial charge in [-0.2, -0.15) is 0 Å². The number of carbonyl (C=O) groups excluding carboxylic acids is 2. The number of aliphatic hydroxyl groups excluding tert-OH is 4. The van der Waals surface area contributed by atoms with Crippen LogP contribution in [-0.4, -0.2) is 82.1 Å². The second kappa shape index (κ2) is 8.54. The Kier molecular flexibility index (Phi) is 7.30. The predicted molar refractivity (Wildman–Crippen MR) is 81.8 cm³/mol. The highest BCUT2D eigenvalue weighted by Gasteiger charge is 2.54. The smallest absolute Gasteiger partial charge is 0.338 e. The molecular formula is C15H25NO8. The fraction of sp³-hybridized carbons (Fsp3) is 0.733. The van der Waals surface area contributed by atoms with Crippen molar-refractivity contribution in [3.8, 4) is 0 Å². The molecule has 0 aromatic carbocycles. The van der Waals surface area contributed by atoms with E-state index < -0.39 is 54.5 Å². The Bertz CT molecular complexity index is 470. The molecule has 0 aliphatic carbocycles. The molecule has 6 atom stereocenters. The first-order valence-electron chi connectivity index (χ1n) is 7.51. The van der Waals surface area contributed by atoms with Crippen LogP contribution in [0.15, 0.2) is 12.7 Å². The van der Waals surface area contributed by atoms with E-state index in [9.17, 15) is 24.9 Å². The van der Waals surface area contributed by atoms with E-state index in [0.717, 1.165) is 7.11 Å². The highest BCUT2D eigenvalue weighted by Crippen LogP contribution is 2.35. The van der Waals surface area contributed by atoms with Gasteiger partial charge in [-0.1, -0.05) is 6.08 Å². The summed E-state index contributed by atoms with van der Waals surface area (Å²) < 4.78 is 10.4. The number of nitrogens with one attached hydrogen (secondary N) is 1. The van der Waals surface area contributed by atoms with E-state index in [4.69, 9.17) is 14.6 Å². The summed E-state index contributed by atoms with van der Waals surface area (Å²) in [5.41, 5.74) is -1.62. The average molecular weight is 347 g/mol. The lowest BCUT2D eigenvalue weighted by atomic mass is 9.82. The SMILES string of the molecule is C=CC[C@@]1(C(=O)OC)C[C@H](O)[C@@H](NC(C)=O)[C@H]([C@H](O)[C@H](O)CO)O1. The van der Waals surface area contributed by atoms with Gasteiger partial charge in [-0.05, 0) is 0 Å². The summed E-state index contributed by atoms with van der Waals surface area (Å²) in [4.78, 5) is 23.5. The highest BCUT2D eigenvalue weighted by atomic mass is 16.6. The van der Waals surface area contributed by atoms with Gasteiger partial charge in [-0.3, -0.25) is 4.79 Å². The zero-order chi connectivity index (χ0) is 18.5. The number of esters is 1. The summed E-state index contributed by atoms with van der Waals surface area (Å²) >= 11 is 0.